The van der Waals surface area contributed by atoms with Crippen molar-refractivity contribution < 1.29 is 52.7 Å². The van der Waals surface area contributed by atoms with Gasteiger partial charge in [-0.25, -0.2) is 0 Å². The molecule has 264 valence electrons. The van der Waals surface area contributed by atoms with E-state index in [0.29, 0.717) is 9.36 Å². The number of nitrogen functional groups attached to an aromatic ring is 1. The maximum Gasteiger partial charge on any atom is 0.435 e. The number of rotatable bonds is 0. The summed E-state index contributed by atoms with van der Waals surface area (Å²) in [5.74, 6) is 0.0438. The minimum atomic E-state index is -4.70. The van der Waals surface area contributed by atoms with Gasteiger partial charge >= 0.3 is 24.7 Å². The monoisotopic (exact) mass is 730 g/mol. The highest BCUT2D eigenvalue weighted by atomic mass is 35.5. The van der Waals surface area contributed by atoms with Crippen molar-refractivity contribution in [3.8, 4) is 18.2 Å². The molecule has 12 nitrogen and oxygen atoms in total. The van der Waals surface area contributed by atoms with Crippen LogP contribution in [0.3, 0.4) is 0 Å². The van der Waals surface area contributed by atoms with Crippen molar-refractivity contribution >= 4 is 17.4 Å². The molecule has 3 aromatic rings. The lowest BCUT2D eigenvalue weighted by atomic mass is 10.2. The number of allylic oxidation sites excluding steroid dienone is 2. The molecule has 0 fully saturated rings. The minimum Gasteiger partial charge on any atom is -0.384 e. The number of nitriles is 3. The zero-order valence-electron chi connectivity index (χ0n) is 24.4. The number of anilines is 1. The number of aromatic nitrogens is 6. The van der Waals surface area contributed by atoms with Crippen molar-refractivity contribution in [2.75, 3.05) is 5.73 Å². The molecule has 0 radical (unpaired) electrons. The quantitative estimate of drug-likeness (QED) is 0.211. The standard InChI is InChI=1S/2C6H4F3N3O.C6H8F3N3.C5H3ClF3N/c1-12-4(6(7,8)9)3(2-10)5(13)11-12;1-12-5(13)3(2-10)4(11-12)6(7,8)9;1-3-4(6(7,8)9)11-12(2)5(3)10;1-3(2-10)4(6)5(7,8)9/h1H3,(H,11,13);11H,1H3;10H2,1-2H3;1H3/b;;;4-3+. The van der Waals surface area contributed by atoms with Crippen molar-refractivity contribution in [3.05, 3.63) is 65.1 Å². The first-order valence-electron chi connectivity index (χ1n) is 11.7. The van der Waals surface area contributed by atoms with Gasteiger partial charge in [0.2, 0.25) is 0 Å². The fourth-order valence-electron chi connectivity index (χ4n) is 3.01. The van der Waals surface area contributed by atoms with Crippen LogP contribution >= 0.6 is 11.6 Å². The SMILES string of the molecule is C/C(C#N)=C(\Cl)C(F)(F)F.Cc1c(C(F)(F)F)nn(C)c1N.Cn1[nH]c(=O)c(C#N)c1C(F)(F)F.Cn1[nH]c(C(F)(F)F)c(C#N)c1=O. The molecule has 0 aliphatic carbocycles. The first kappa shape index (κ1) is 42.7. The van der Waals surface area contributed by atoms with Gasteiger partial charge in [-0.2, -0.15) is 73.6 Å². The molecule has 0 amide bonds. The number of halogens is 13. The molecule has 3 rings (SSSR count). The summed E-state index contributed by atoms with van der Waals surface area (Å²) in [6.07, 6.45) is -18.4. The lowest BCUT2D eigenvalue weighted by molar-refractivity contribution is -0.144. The molecule has 4 N–H and O–H groups in total. The minimum absolute atomic E-state index is 0.0231. The molecule has 0 aromatic carbocycles. The lowest BCUT2D eigenvalue weighted by Gasteiger charge is -2.06. The number of hydrogen-bond acceptors (Lipinski definition) is 7. The van der Waals surface area contributed by atoms with Crippen LogP contribution in [0.1, 0.15) is 40.7 Å². The van der Waals surface area contributed by atoms with Crippen molar-refractivity contribution in [2.24, 2.45) is 21.1 Å². The number of hydrogen-bond donors (Lipinski definition) is 3. The normalized spacial score (nSPS) is 12.1. The maximum atomic E-state index is 12.2. The van der Waals surface area contributed by atoms with E-state index in [4.69, 9.17) is 33.1 Å². The Morgan fingerprint density at radius 3 is 1.52 bits per heavy atom. The van der Waals surface area contributed by atoms with Gasteiger partial charge in [0, 0.05) is 26.7 Å². The molecule has 0 atom stereocenters. The van der Waals surface area contributed by atoms with E-state index in [0.717, 1.165) is 25.7 Å². The van der Waals surface area contributed by atoms with E-state index >= 15 is 0 Å². The molecule has 0 bridgehead atoms. The Labute approximate surface area is 264 Å². The molecule has 48 heavy (non-hydrogen) atoms. The molecule has 0 aliphatic heterocycles. The Balaban J connectivity index is 0.000000617. The first-order valence-corrected chi connectivity index (χ1v) is 12.1. The first-order chi connectivity index (χ1) is 21.5. The van der Waals surface area contributed by atoms with Gasteiger partial charge in [-0.05, 0) is 13.8 Å². The molecule has 3 aromatic heterocycles. The van der Waals surface area contributed by atoms with Gasteiger partial charge in [-0.3, -0.25) is 33.8 Å². The van der Waals surface area contributed by atoms with Gasteiger partial charge in [0.05, 0.1) is 11.6 Å². The van der Waals surface area contributed by atoms with Gasteiger partial charge < -0.3 is 5.73 Å². The molecule has 25 heteroatoms. The molecular formula is C23H19ClF12N10O2. The third-order valence-electron chi connectivity index (χ3n) is 5.24. The van der Waals surface area contributed by atoms with E-state index < -0.39 is 74.6 Å². The van der Waals surface area contributed by atoms with Crippen LogP contribution in [-0.2, 0) is 39.7 Å². The van der Waals surface area contributed by atoms with E-state index in [-0.39, 0.29) is 11.4 Å². The predicted octanol–water partition coefficient (Wildman–Crippen LogP) is 5.12. The van der Waals surface area contributed by atoms with Gasteiger partial charge in [0.25, 0.3) is 11.1 Å². The summed E-state index contributed by atoms with van der Waals surface area (Å²) in [5.41, 5.74) is -2.53. The number of alkyl halides is 12. The van der Waals surface area contributed by atoms with Crippen LogP contribution in [0.25, 0.3) is 0 Å². The number of H-pyrrole nitrogens is 2. The van der Waals surface area contributed by atoms with E-state index in [1.54, 1.807) is 5.10 Å². The Hall–Kier alpha value is -5.31. The Kier molecular flexibility index (Phi) is 13.8. The van der Waals surface area contributed by atoms with E-state index in [2.05, 4.69) is 5.10 Å². The van der Waals surface area contributed by atoms with Crippen molar-refractivity contribution in [1.82, 2.24) is 29.3 Å². The van der Waals surface area contributed by atoms with Gasteiger partial charge in [-0.1, -0.05) is 11.6 Å². The number of aromatic amines is 2. The molecule has 0 spiro atoms. The summed E-state index contributed by atoms with van der Waals surface area (Å²) in [7, 11) is 3.50. The van der Waals surface area contributed by atoms with Crippen LogP contribution in [0.4, 0.5) is 58.5 Å². The van der Waals surface area contributed by atoms with Crippen LogP contribution in [0, 0.1) is 40.9 Å². The van der Waals surface area contributed by atoms with Crippen LogP contribution < -0.4 is 16.9 Å². The molecule has 0 aliphatic rings. The van der Waals surface area contributed by atoms with Crippen molar-refractivity contribution in [3.63, 3.8) is 0 Å². The largest absolute Gasteiger partial charge is 0.435 e. The van der Waals surface area contributed by atoms with Gasteiger partial charge in [0.15, 0.2) is 17.1 Å². The van der Waals surface area contributed by atoms with Crippen LogP contribution in [-0.4, -0.2) is 35.5 Å². The highest BCUT2D eigenvalue weighted by Crippen LogP contribution is 2.33. The Morgan fingerprint density at radius 2 is 1.29 bits per heavy atom. The summed E-state index contributed by atoms with van der Waals surface area (Å²) >= 11 is 4.74. The molecular weight excluding hydrogens is 712 g/mol. The zero-order chi connectivity index (χ0) is 38.3. The lowest BCUT2D eigenvalue weighted by Crippen LogP contribution is -2.13. The van der Waals surface area contributed by atoms with E-state index in [9.17, 15) is 62.3 Å². The zero-order valence-corrected chi connectivity index (χ0v) is 25.2. The van der Waals surface area contributed by atoms with Crippen LogP contribution in [0.2, 0.25) is 0 Å². The van der Waals surface area contributed by atoms with Gasteiger partial charge in [-0.15, -0.1) is 0 Å². The fraction of sp³-hybridized carbons (Fsp3) is 0.391. The molecule has 3 heterocycles. The third-order valence-corrected chi connectivity index (χ3v) is 5.74. The van der Waals surface area contributed by atoms with E-state index in [1.165, 1.54) is 32.2 Å². The second kappa shape index (κ2) is 15.5. The predicted molar refractivity (Wildman–Crippen MR) is 139 cm³/mol. The highest BCUT2D eigenvalue weighted by Gasteiger charge is 2.40. The number of aryl methyl sites for hydroxylation is 3. The number of nitrogens with two attached hydrogens (primary N) is 1. The average Bonchev–Trinajstić information content (AvgIpc) is 3.52. The summed E-state index contributed by atoms with van der Waals surface area (Å²) in [6, 6.07) is 3.71. The molecule has 0 saturated heterocycles. The fourth-order valence-corrected chi connectivity index (χ4v) is 3.05. The second-order valence-corrected chi connectivity index (χ2v) is 9.08. The number of nitrogens with zero attached hydrogens (tertiary/aromatic N) is 7. The number of nitrogens with one attached hydrogen (secondary N) is 2. The summed E-state index contributed by atoms with van der Waals surface area (Å²) in [4.78, 5) is 21.6. The Morgan fingerprint density at radius 1 is 0.812 bits per heavy atom. The molecule has 0 unspecified atom stereocenters. The summed E-state index contributed by atoms with van der Waals surface area (Å²) in [5, 5.41) is 30.1. The second-order valence-electron chi connectivity index (χ2n) is 8.70. The van der Waals surface area contributed by atoms with E-state index in [1.807, 2.05) is 5.10 Å². The van der Waals surface area contributed by atoms with Crippen LogP contribution in [0.15, 0.2) is 20.2 Å². The smallest absolute Gasteiger partial charge is 0.384 e. The van der Waals surface area contributed by atoms with Crippen molar-refractivity contribution in [1.29, 1.82) is 15.8 Å². The van der Waals surface area contributed by atoms with Crippen LogP contribution in [0.5, 0.6) is 0 Å². The summed E-state index contributed by atoms with van der Waals surface area (Å²) < 4.78 is 146. The summed E-state index contributed by atoms with van der Waals surface area (Å²) in [6.45, 7) is 2.31. The average molecular weight is 731 g/mol. The van der Waals surface area contributed by atoms with Gasteiger partial charge in [0.1, 0.15) is 34.1 Å². The topological polar surface area (TPSA) is 191 Å². The Bertz CT molecular complexity index is 1870. The molecule has 0 saturated carbocycles. The maximum absolute atomic E-state index is 12.2. The third kappa shape index (κ3) is 10.9. The van der Waals surface area contributed by atoms with Crippen molar-refractivity contribution in [2.45, 2.75) is 38.6 Å². The highest BCUT2D eigenvalue weighted by molar-refractivity contribution is 6.30.